The second kappa shape index (κ2) is 8.52. The molecular weight excluding hydrogens is 406 g/mol. The van der Waals surface area contributed by atoms with Crippen molar-refractivity contribution in [2.45, 2.75) is 26.3 Å². The van der Waals surface area contributed by atoms with E-state index in [2.05, 4.69) is 32.2 Å². The molecule has 0 radical (unpaired) electrons. The maximum absolute atomic E-state index is 13.0. The van der Waals surface area contributed by atoms with Gasteiger partial charge in [0.05, 0.1) is 28.7 Å². The van der Waals surface area contributed by atoms with Crippen LogP contribution in [0.3, 0.4) is 0 Å². The number of fused-ring (bicyclic) bond motifs is 1. The lowest BCUT2D eigenvalue weighted by Gasteiger charge is -2.42. The average molecular weight is 438 g/mol. The lowest BCUT2D eigenvalue weighted by atomic mass is 10.1. The van der Waals surface area contributed by atoms with E-state index >= 15 is 0 Å². The molecule has 0 unspecified atom stereocenters. The van der Waals surface area contributed by atoms with E-state index in [0.29, 0.717) is 25.5 Å². The Morgan fingerprint density at radius 2 is 2.06 bits per heavy atom. The number of nitrogens with two attached hydrogens (primary N) is 1. The molecule has 3 aromatic heterocycles. The SMILES string of the molecule is CC[C@H]1CN(C(=O)Nc2ccc(N(C)C)nc2C)CCN1c1cc(N)nc2c1cnn2C. The van der Waals surface area contributed by atoms with E-state index in [9.17, 15) is 4.79 Å². The average Bonchev–Trinajstić information content (AvgIpc) is 3.14. The minimum absolute atomic E-state index is 0.105. The summed E-state index contributed by atoms with van der Waals surface area (Å²) >= 11 is 0. The molecule has 1 aliphatic rings. The van der Waals surface area contributed by atoms with Gasteiger partial charge in [-0.2, -0.15) is 5.10 Å². The number of urea groups is 1. The van der Waals surface area contributed by atoms with Gasteiger partial charge >= 0.3 is 6.03 Å². The molecule has 0 saturated carbocycles. The van der Waals surface area contributed by atoms with Crippen LogP contribution >= 0.6 is 0 Å². The molecule has 3 N–H and O–H groups in total. The summed E-state index contributed by atoms with van der Waals surface area (Å²) in [6.07, 6.45) is 2.72. The zero-order chi connectivity index (χ0) is 23.0. The first-order valence-electron chi connectivity index (χ1n) is 10.8. The summed E-state index contributed by atoms with van der Waals surface area (Å²) in [6, 6.07) is 5.77. The molecule has 0 aliphatic carbocycles. The Balaban J connectivity index is 1.51. The van der Waals surface area contributed by atoms with Crippen LogP contribution in [0.4, 0.5) is 27.8 Å². The van der Waals surface area contributed by atoms with Gasteiger partial charge in [0.25, 0.3) is 0 Å². The molecule has 10 heteroatoms. The Kier molecular flexibility index (Phi) is 5.77. The van der Waals surface area contributed by atoms with E-state index in [-0.39, 0.29) is 12.1 Å². The third-order valence-corrected chi connectivity index (χ3v) is 6.02. The number of carbonyl (C=O) groups is 1. The fraction of sp³-hybridized carbons (Fsp3) is 0.455. The number of carbonyl (C=O) groups excluding carboxylic acids is 1. The minimum atomic E-state index is -0.105. The number of hydrogen-bond acceptors (Lipinski definition) is 7. The number of pyridine rings is 2. The summed E-state index contributed by atoms with van der Waals surface area (Å²) in [5.41, 5.74) is 9.40. The molecule has 3 aromatic rings. The molecule has 4 rings (SSSR count). The van der Waals surface area contributed by atoms with Crippen molar-refractivity contribution >= 4 is 40.1 Å². The molecule has 0 bridgehead atoms. The predicted molar refractivity (Wildman–Crippen MR) is 128 cm³/mol. The summed E-state index contributed by atoms with van der Waals surface area (Å²) in [5, 5.41) is 8.35. The molecule has 1 saturated heterocycles. The van der Waals surface area contributed by atoms with Crippen molar-refractivity contribution < 1.29 is 4.79 Å². The Morgan fingerprint density at radius 3 is 2.75 bits per heavy atom. The number of nitrogens with zero attached hydrogens (tertiary/aromatic N) is 7. The van der Waals surface area contributed by atoms with E-state index in [0.717, 1.165) is 40.3 Å². The van der Waals surface area contributed by atoms with Crippen molar-refractivity contribution in [1.29, 1.82) is 0 Å². The van der Waals surface area contributed by atoms with E-state index in [1.807, 2.05) is 62.3 Å². The molecule has 170 valence electrons. The first-order valence-corrected chi connectivity index (χ1v) is 10.8. The normalized spacial score (nSPS) is 16.5. The van der Waals surface area contributed by atoms with Crippen LogP contribution in [0.5, 0.6) is 0 Å². The third kappa shape index (κ3) is 4.00. The lowest BCUT2D eigenvalue weighted by molar-refractivity contribution is 0.197. The van der Waals surface area contributed by atoms with Crippen LogP contribution in [-0.4, -0.2) is 70.5 Å². The largest absolute Gasteiger partial charge is 0.384 e. The zero-order valence-electron chi connectivity index (χ0n) is 19.3. The van der Waals surface area contributed by atoms with E-state index in [1.54, 1.807) is 4.68 Å². The summed E-state index contributed by atoms with van der Waals surface area (Å²) in [7, 11) is 5.75. The van der Waals surface area contributed by atoms with Gasteiger partial charge in [0.15, 0.2) is 5.65 Å². The molecule has 10 nitrogen and oxygen atoms in total. The molecule has 32 heavy (non-hydrogen) atoms. The van der Waals surface area contributed by atoms with Crippen LogP contribution in [0.25, 0.3) is 11.0 Å². The van der Waals surface area contributed by atoms with Crippen LogP contribution < -0.4 is 20.9 Å². The number of piperazine rings is 1. The van der Waals surface area contributed by atoms with Gasteiger partial charge in [0, 0.05) is 52.9 Å². The molecule has 2 amide bonds. The number of anilines is 4. The number of nitrogen functional groups attached to an aromatic ring is 1. The van der Waals surface area contributed by atoms with Crippen molar-refractivity contribution in [1.82, 2.24) is 24.6 Å². The second-order valence-corrected chi connectivity index (χ2v) is 8.40. The number of rotatable bonds is 4. The first kappa shape index (κ1) is 21.7. The van der Waals surface area contributed by atoms with Crippen LogP contribution in [0.15, 0.2) is 24.4 Å². The standard InChI is InChI=1S/C22H31N9O/c1-6-15-13-30(22(32)26-17-7-8-20(28(3)4)25-14(17)2)9-10-31(15)18-11-19(23)27-21-16(18)12-24-29(21)5/h7-8,11-12,15H,6,9-10,13H2,1-5H3,(H2,23,27)(H,26,32)/t15-/m0/s1. The van der Waals surface area contributed by atoms with Crippen molar-refractivity contribution in [3.63, 3.8) is 0 Å². The fourth-order valence-corrected chi connectivity index (χ4v) is 4.18. The Labute approximate surface area is 188 Å². The van der Waals surface area contributed by atoms with Crippen molar-refractivity contribution in [2.75, 3.05) is 54.6 Å². The van der Waals surface area contributed by atoms with E-state index in [4.69, 9.17) is 5.73 Å². The van der Waals surface area contributed by atoms with Crippen molar-refractivity contribution in [3.8, 4) is 0 Å². The topological polar surface area (TPSA) is 108 Å². The van der Waals surface area contributed by atoms with Crippen LogP contribution in [0, 0.1) is 6.92 Å². The maximum Gasteiger partial charge on any atom is 0.322 e. The number of hydrogen-bond donors (Lipinski definition) is 2. The maximum atomic E-state index is 13.0. The van der Waals surface area contributed by atoms with Gasteiger partial charge in [-0.05, 0) is 25.5 Å². The molecular formula is C22H31N9O. The van der Waals surface area contributed by atoms with Crippen molar-refractivity contribution in [2.24, 2.45) is 7.05 Å². The second-order valence-electron chi connectivity index (χ2n) is 8.40. The van der Waals surface area contributed by atoms with E-state index < -0.39 is 0 Å². The van der Waals surface area contributed by atoms with Gasteiger partial charge < -0.3 is 25.8 Å². The first-order chi connectivity index (χ1) is 15.3. The number of aryl methyl sites for hydroxylation is 2. The quantitative estimate of drug-likeness (QED) is 0.645. The highest BCUT2D eigenvalue weighted by Gasteiger charge is 2.30. The molecule has 1 fully saturated rings. The highest BCUT2D eigenvalue weighted by molar-refractivity contribution is 5.92. The molecule has 0 spiro atoms. The predicted octanol–water partition coefficient (Wildman–Crippen LogP) is 2.45. The van der Waals surface area contributed by atoms with Crippen LogP contribution in [0.2, 0.25) is 0 Å². The molecule has 1 atom stereocenters. The highest BCUT2D eigenvalue weighted by Crippen LogP contribution is 2.31. The van der Waals surface area contributed by atoms with Crippen LogP contribution in [0.1, 0.15) is 19.0 Å². The third-order valence-electron chi connectivity index (χ3n) is 6.02. The van der Waals surface area contributed by atoms with Crippen molar-refractivity contribution in [3.05, 3.63) is 30.1 Å². The van der Waals surface area contributed by atoms with Gasteiger partial charge in [-0.25, -0.2) is 14.8 Å². The molecule has 1 aliphatic heterocycles. The summed E-state index contributed by atoms with van der Waals surface area (Å²) < 4.78 is 1.73. The zero-order valence-corrected chi connectivity index (χ0v) is 19.3. The Bertz CT molecular complexity index is 1140. The van der Waals surface area contributed by atoms with Gasteiger partial charge in [-0.15, -0.1) is 0 Å². The lowest BCUT2D eigenvalue weighted by Crippen LogP contribution is -2.55. The van der Waals surface area contributed by atoms with E-state index in [1.165, 1.54) is 0 Å². The summed E-state index contributed by atoms with van der Waals surface area (Å²) in [4.78, 5) is 28.1. The number of aromatic nitrogens is 4. The smallest absolute Gasteiger partial charge is 0.322 e. The Morgan fingerprint density at radius 1 is 1.28 bits per heavy atom. The monoisotopic (exact) mass is 437 g/mol. The van der Waals surface area contributed by atoms with Gasteiger partial charge in [-0.1, -0.05) is 6.92 Å². The Hall–Kier alpha value is -3.56. The van der Waals surface area contributed by atoms with Gasteiger partial charge in [0.1, 0.15) is 11.6 Å². The fourth-order valence-electron chi connectivity index (χ4n) is 4.18. The molecule has 0 aromatic carbocycles. The van der Waals surface area contributed by atoms with Crippen LogP contribution in [-0.2, 0) is 7.05 Å². The minimum Gasteiger partial charge on any atom is -0.384 e. The summed E-state index contributed by atoms with van der Waals surface area (Å²) in [5.74, 6) is 1.33. The number of amides is 2. The highest BCUT2D eigenvalue weighted by atomic mass is 16.2. The van der Waals surface area contributed by atoms with Gasteiger partial charge in [0.2, 0.25) is 0 Å². The van der Waals surface area contributed by atoms with Gasteiger partial charge in [-0.3, -0.25) is 4.68 Å². The summed E-state index contributed by atoms with van der Waals surface area (Å²) in [6.45, 7) is 5.97. The molecule has 4 heterocycles. The number of nitrogens with one attached hydrogen (secondary N) is 1.